The molecule has 0 aliphatic rings. The first-order valence-electron chi connectivity index (χ1n) is 9.29. The minimum atomic E-state index is -3.98. The van der Waals surface area contributed by atoms with Crippen LogP contribution in [0.3, 0.4) is 0 Å². The maximum atomic E-state index is 13.2. The molecule has 0 aliphatic carbocycles. The van der Waals surface area contributed by atoms with Crippen molar-refractivity contribution >= 4 is 27.1 Å². The molecule has 9 nitrogen and oxygen atoms in total. The number of aryl methyl sites for hydroxylation is 1. The molecule has 1 heterocycles. The molecule has 0 saturated heterocycles. The molecule has 10 heteroatoms. The number of nitro groups is 1. The highest BCUT2D eigenvalue weighted by atomic mass is 32.2. The van der Waals surface area contributed by atoms with Gasteiger partial charge in [-0.15, -0.1) is 0 Å². The number of rotatable bonds is 8. The first kappa shape index (κ1) is 21.3. The zero-order valence-corrected chi connectivity index (χ0v) is 17.6. The van der Waals surface area contributed by atoms with Gasteiger partial charge in [0.1, 0.15) is 17.5 Å². The number of para-hydroxylation sites is 1. The van der Waals surface area contributed by atoms with Crippen molar-refractivity contribution in [1.82, 2.24) is 4.98 Å². The molecule has 1 atom stereocenters. The molecule has 0 saturated carbocycles. The molecule has 0 aliphatic heterocycles. The molecule has 30 heavy (non-hydrogen) atoms. The monoisotopic (exact) mass is 430 g/mol. The zero-order valence-electron chi connectivity index (χ0n) is 16.8. The molecule has 1 N–H and O–H groups in total. The fraction of sp³-hybridized carbons (Fsp3) is 0.250. The van der Waals surface area contributed by atoms with E-state index in [9.17, 15) is 18.5 Å². The number of sulfonamides is 1. The van der Waals surface area contributed by atoms with Gasteiger partial charge in [0.25, 0.3) is 15.7 Å². The van der Waals surface area contributed by atoms with Gasteiger partial charge in [-0.3, -0.25) is 14.4 Å². The third-order valence-electron chi connectivity index (χ3n) is 4.47. The van der Waals surface area contributed by atoms with Crippen LogP contribution in [0, 0.1) is 17.0 Å². The lowest BCUT2D eigenvalue weighted by atomic mass is 10.2. The molecule has 0 bridgehead atoms. The van der Waals surface area contributed by atoms with Gasteiger partial charge in [0, 0.05) is 12.6 Å². The Hall–Kier alpha value is -3.40. The zero-order chi connectivity index (χ0) is 21.9. The highest BCUT2D eigenvalue weighted by molar-refractivity contribution is 7.92. The Kier molecular flexibility index (Phi) is 6.06. The molecular weight excluding hydrogens is 408 g/mol. The Morgan fingerprint density at radius 1 is 1.23 bits per heavy atom. The number of aromatic nitrogens is 1. The Morgan fingerprint density at radius 2 is 1.93 bits per heavy atom. The maximum Gasteiger partial charge on any atom is 0.293 e. The van der Waals surface area contributed by atoms with Crippen LogP contribution in [0.15, 0.2) is 64.0 Å². The predicted octanol–water partition coefficient (Wildman–Crippen LogP) is 4.28. The van der Waals surface area contributed by atoms with Crippen LogP contribution in [0.25, 0.3) is 0 Å². The second-order valence-electron chi connectivity index (χ2n) is 6.62. The van der Waals surface area contributed by atoms with Crippen molar-refractivity contribution in [2.75, 3.05) is 16.2 Å². The second kappa shape index (κ2) is 8.54. The molecular formula is C20H22N4O5S. The topological polar surface area (TPSA) is 119 Å². The molecule has 0 spiro atoms. The quantitative estimate of drug-likeness (QED) is 0.418. The molecule has 1 aromatic heterocycles. The molecule has 0 radical (unpaired) electrons. The molecule has 0 unspecified atom stereocenters. The van der Waals surface area contributed by atoms with Crippen LogP contribution in [0.5, 0.6) is 0 Å². The van der Waals surface area contributed by atoms with Crippen molar-refractivity contribution in [3.8, 4) is 0 Å². The fourth-order valence-corrected chi connectivity index (χ4v) is 4.52. The molecule has 0 amide bonds. The van der Waals surface area contributed by atoms with Crippen LogP contribution in [0.1, 0.15) is 31.5 Å². The van der Waals surface area contributed by atoms with Crippen molar-refractivity contribution in [2.45, 2.75) is 31.7 Å². The highest BCUT2D eigenvalue weighted by Crippen LogP contribution is 2.32. The van der Waals surface area contributed by atoms with E-state index < -0.39 is 21.0 Å². The normalized spacial score (nSPS) is 12.4. The fourth-order valence-electron chi connectivity index (χ4n) is 3.03. The Balaban J connectivity index is 1.97. The number of oxazole rings is 1. The smallest absolute Gasteiger partial charge is 0.293 e. The Labute approximate surface area is 174 Å². The Morgan fingerprint density at radius 3 is 2.50 bits per heavy atom. The first-order valence-corrected chi connectivity index (χ1v) is 10.7. The van der Waals surface area contributed by atoms with Gasteiger partial charge in [0.05, 0.1) is 21.7 Å². The summed E-state index contributed by atoms with van der Waals surface area (Å²) in [5, 5.41) is 14.6. The number of hydrogen-bond acceptors (Lipinski definition) is 7. The largest absolute Gasteiger partial charge is 0.444 e. The summed E-state index contributed by atoms with van der Waals surface area (Å²) in [4.78, 5) is 15.0. The summed E-state index contributed by atoms with van der Waals surface area (Å²) >= 11 is 0. The molecule has 3 aromatic rings. The van der Waals surface area contributed by atoms with Gasteiger partial charge in [0.2, 0.25) is 5.89 Å². The lowest BCUT2D eigenvalue weighted by Crippen LogP contribution is -2.30. The van der Waals surface area contributed by atoms with Crippen LogP contribution >= 0.6 is 0 Å². The van der Waals surface area contributed by atoms with Gasteiger partial charge in [-0.25, -0.2) is 13.4 Å². The molecule has 2 aromatic carbocycles. The number of anilines is 2. The summed E-state index contributed by atoms with van der Waals surface area (Å²) in [6.45, 7) is 5.38. The number of nitro benzene ring substituents is 1. The lowest BCUT2D eigenvalue weighted by Gasteiger charge is -2.23. The van der Waals surface area contributed by atoms with Gasteiger partial charge in [-0.05, 0) is 45.0 Å². The standard InChI is InChI=1S/C20H22N4O5S/c1-4-23(16-8-6-5-7-9-16)30(27,28)17-10-11-18(19(12-17)24(25)26)22-15(3)20-21-13-14(2)29-20/h5-13,15,22H,4H2,1-3H3/t15-/m1/s1. The number of nitrogens with one attached hydrogen (secondary N) is 1. The van der Waals surface area contributed by atoms with Crippen molar-refractivity contribution in [3.63, 3.8) is 0 Å². The number of hydrogen-bond donors (Lipinski definition) is 1. The van der Waals surface area contributed by atoms with Crippen LogP contribution < -0.4 is 9.62 Å². The molecule has 3 rings (SSSR count). The van der Waals surface area contributed by atoms with E-state index in [4.69, 9.17) is 4.42 Å². The summed E-state index contributed by atoms with van der Waals surface area (Å²) in [6.07, 6.45) is 1.56. The van der Waals surface area contributed by atoms with Crippen molar-refractivity contribution in [2.24, 2.45) is 0 Å². The van der Waals surface area contributed by atoms with Crippen LogP contribution in [-0.4, -0.2) is 24.9 Å². The average molecular weight is 430 g/mol. The van der Waals surface area contributed by atoms with E-state index in [1.807, 2.05) is 0 Å². The van der Waals surface area contributed by atoms with Crippen LogP contribution in [0.4, 0.5) is 17.1 Å². The second-order valence-corrected chi connectivity index (χ2v) is 8.48. The summed E-state index contributed by atoms with van der Waals surface area (Å²) in [5.74, 6) is 0.995. The summed E-state index contributed by atoms with van der Waals surface area (Å²) in [5.41, 5.74) is 0.304. The molecule has 158 valence electrons. The van der Waals surface area contributed by atoms with E-state index in [0.29, 0.717) is 17.3 Å². The van der Waals surface area contributed by atoms with Gasteiger partial charge < -0.3 is 9.73 Å². The van der Waals surface area contributed by atoms with Crippen LogP contribution in [-0.2, 0) is 10.0 Å². The van der Waals surface area contributed by atoms with Gasteiger partial charge >= 0.3 is 0 Å². The highest BCUT2D eigenvalue weighted by Gasteiger charge is 2.27. The average Bonchev–Trinajstić information content (AvgIpc) is 3.15. The maximum absolute atomic E-state index is 13.2. The third kappa shape index (κ3) is 4.28. The summed E-state index contributed by atoms with van der Waals surface area (Å²) < 4.78 is 33.0. The van der Waals surface area contributed by atoms with E-state index >= 15 is 0 Å². The predicted molar refractivity (Wildman–Crippen MR) is 113 cm³/mol. The van der Waals surface area contributed by atoms with Crippen molar-refractivity contribution in [1.29, 1.82) is 0 Å². The minimum absolute atomic E-state index is 0.162. The summed E-state index contributed by atoms with van der Waals surface area (Å²) in [6, 6.07) is 11.9. The number of benzene rings is 2. The first-order chi connectivity index (χ1) is 14.2. The van der Waals surface area contributed by atoms with E-state index in [-0.39, 0.29) is 22.8 Å². The minimum Gasteiger partial charge on any atom is -0.444 e. The van der Waals surface area contributed by atoms with Crippen molar-refractivity contribution < 1.29 is 17.8 Å². The Bertz CT molecular complexity index is 1150. The SMILES string of the molecule is CCN(c1ccccc1)S(=O)(=O)c1ccc(N[C@H](C)c2ncc(C)o2)c([N+](=O)[O-])c1. The molecule has 0 fully saturated rings. The van der Waals surface area contributed by atoms with Crippen LogP contribution in [0.2, 0.25) is 0 Å². The van der Waals surface area contributed by atoms with Gasteiger partial charge in [0.15, 0.2) is 0 Å². The van der Waals surface area contributed by atoms with Gasteiger partial charge in [-0.1, -0.05) is 18.2 Å². The van der Waals surface area contributed by atoms with Crippen molar-refractivity contribution in [3.05, 3.63) is 76.5 Å². The van der Waals surface area contributed by atoms with E-state index in [1.165, 1.54) is 16.4 Å². The number of nitrogens with zero attached hydrogens (tertiary/aromatic N) is 3. The third-order valence-corrected chi connectivity index (χ3v) is 6.37. The van der Waals surface area contributed by atoms with E-state index in [1.54, 1.807) is 57.3 Å². The van der Waals surface area contributed by atoms with E-state index in [2.05, 4.69) is 10.3 Å². The van der Waals surface area contributed by atoms with Gasteiger partial charge in [-0.2, -0.15) is 0 Å². The summed E-state index contributed by atoms with van der Waals surface area (Å²) in [7, 11) is -3.98. The lowest BCUT2D eigenvalue weighted by molar-refractivity contribution is -0.384. The van der Waals surface area contributed by atoms with E-state index in [0.717, 1.165) is 6.07 Å².